The number of aliphatic hydroxyl groups is 1. The molecule has 112 valence electrons. The van der Waals surface area contributed by atoms with E-state index in [2.05, 4.69) is 5.32 Å². The van der Waals surface area contributed by atoms with Gasteiger partial charge in [0.2, 0.25) is 0 Å². The van der Waals surface area contributed by atoms with Crippen molar-refractivity contribution >= 4 is 11.9 Å². The first-order chi connectivity index (χ1) is 9.27. The molecule has 0 heterocycles. The van der Waals surface area contributed by atoms with Crippen LogP contribution < -0.4 is 5.32 Å². The molecule has 0 spiro atoms. The van der Waals surface area contributed by atoms with Crippen LogP contribution in [0, 0.1) is 0 Å². The van der Waals surface area contributed by atoms with Gasteiger partial charge >= 0.3 is 11.9 Å². The molecule has 0 aliphatic carbocycles. The number of phenols is 2. The van der Waals surface area contributed by atoms with Gasteiger partial charge in [-0.3, -0.25) is 9.59 Å². The van der Waals surface area contributed by atoms with Crippen molar-refractivity contribution in [3.05, 3.63) is 23.8 Å². The molecular formula is C12H17NO7. The van der Waals surface area contributed by atoms with E-state index in [-0.39, 0.29) is 11.5 Å². The van der Waals surface area contributed by atoms with E-state index in [0.717, 1.165) is 0 Å². The third kappa shape index (κ3) is 7.19. The summed E-state index contributed by atoms with van der Waals surface area (Å²) in [5.74, 6) is -3.02. The van der Waals surface area contributed by atoms with Crippen LogP contribution in [-0.4, -0.2) is 51.1 Å². The maximum absolute atomic E-state index is 9.48. The summed E-state index contributed by atoms with van der Waals surface area (Å²) in [6.07, 6.45) is -1.48. The lowest BCUT2D eigenvalue weighted by molar-refractivity contribution is -0.147. The first kappa shape index (κ1) is 17.7. The second kappa shape index (κ2) is 8.73. The largest absolute Gasteiger partial charge is 0.504 e. The number of aromatic hydroxyl groups is 2. The van der Waals surface area contributed by atoms with Crippen molar-refractivity contribution in [3.8, 4) is 11.5 Å². The zero-order chi connectivity index (χ0) is 15.7. The second-order valence-electron chi connectivity index (χ2n) is 3.79. The summed E-state index contributed by atoms with van der Waals surface area (Å²) in [7, 11) is 1.73. The van der Waals surface area contributed by atoms with Crippen LogP contribution in [0.2, 0.25) is 0 Å². The number of aliphatic hydroxyl groups excluding tert-OH is 1. The Hall–Kier alpha value is -2.32. The lowest BCUT2D eigenvalue weighted by atomic mass is 10.1. The number of hydrogen-bond donors (Lipinski definition) is 6. The molecule has 0 bridgehead atoms. The number of phenolic OH excluding ortho intramolecular Hbond substituents is 2. The van der Waals surface area contributed by atoms with E-state index >= 15 is 0 Å². The van der Waals surface area contributed by atoms with Crippen LogP contribution >= 0.6 is 0 Å². The molecule has 1 atom stereocenters. The number of carbonyl (C=O) groups is 2. The fourth-order valence-electron chi connectivity index (χ4n) is 1.19. The Morgan fingerprint density at radius 3 is 2.05 bits per heavy atom. The van der Waals surface area contributed by atoms with Crippen molar-refractivity contribution in [2.24, 2.45) is 0 Å². The molecule has 0 saturated heterocycles. The van der Waals surface area contributed by atoms with E-state index in [1.807, 2.05) is 0 Å². The topological polar surface area (TPSA) is 147 Å². The number of rotatable bonds is 5. The van der Waals surface area contributed by atoms with Gasteiger partial charge < -0.3 is 30.8 Å². The zero-order valence-electron chi connectivity index (χ0n) is 10.8. The zero-order valence-corrected chi connectivity index (χ0v) is 10.8. The Morgan fingerprint density at radius 1 is 1.15 bits per heavy atom. The predicted molar refractivity (Wildman–Crippen MR) is 68.5 cm³/mol. The third-order valence-electron chi connectivity index (χ3n) is 2.08. The molecule has 0 aromatic heterocycles. The number of benzene rings is 1. The van der Waals surface area contributed by atoms with Gasteiger partial charge in [-0.05, 0) is 24.7 Å². The first-order valence-electron chi connectivity index (χ1n) is 5.56. The first-order valence-corrected chi connectivity index (χ1v) is 5.56. The number of likely N-dealkylation sites (N-methyl/N-ethyl adjacent to an activating group) is 1. The summed E-state index contributed by atoms with van der Waals surface area (Å²) >= 11 is 0. The minimum absolute atomic E-state index is 0.180. The van der Waals surface area contributed by atoms with Crippen LogP contribution in [0.4, 0.5) is 0 Å². The maximum atomic E-state index is 9.48. The van der Waals surface area contributed by atoms with Crippen molar-refractivity contribution in [2.45, 2.75) is 12.5 Å². The lowest BCUT2D eigenvalue weighted by Gasteiger charge is -2.10. The molecule has 8 heteroatoms. The number of carboxylic acid groups (broad SMARTS) is 2. The normalized spacial score (nSPS) is 11.1. The molecule has 0 saturated carbocycles. The van der Waals surface area contributed by atoms with Gasteiger partial charge in [0.25, 0.3) is 0 Å². The van der Waals surface area contributed by atoms with Crippen molar-refractivity contribution < 1.29 is 35.1 Å². The summed E-state index contributed by atoms with van der Waals surface area (Å²) in [4.78, 5) is 18.9. The maximum Gasteiger partial charge on any atom is 0.314 e. The molecule has 8 nitrogen and oxygen atoms in total. The Morgan fingerprint density at radius 2 is 1.70 bits per heavy atom. The van der Waals surface area contributed by atoms with Gasteiger partial charge in [-0.15, -0.1) is 0 Å². The highest BCUT2D eigenvalue weighted by atomic mass is 16.4. The molecule has 6 N–H and O–H groups in total. The van der Waals surface area contributed by atoms with Crippen LogP contribution in [0.25, 0.3) is 0 Å². The standard InChI is InChI=1S/C9H13NO3.C3H4O4/c1-10-5-9(13)6-2-3-7(11)8(12)4-6;4-2(5)1-3(6)7/h2-4,9-13H,5H2,1H3;1H2,(H,4,5)(H,6,7)/t9-;/m0./s1. The lowest BCUT2D eigenvalue weighted by Crippen LogP contribution is -2.16. The van der Waals surface area contributed by atoms with Crippen LogP contribution in [0.1, 0.15) is 18.1 Å². The Kier molecular flexibility index (Phi) is 7.71. The van der Waals surface area contributed by atoms with E-state index in [1.165, 1.54) is 12.1 Å². The van der Waals surface area contributed by atoms with Crippen LogP contribution in [0.5, 0.6) is 11.5 Å². The van der Waals surface area contributed by atoms with Crippen LogP contribution in [0.15, 0.2) is 18.2 Å². The molecule has 0 unspecified atom stereocenters. The summed E-state index contributed by atoms with van der Waals surface area (Å²) in [5, 5.41) is 45.8. The fourth-order valence-corrected chi connectivity index (χ4v) is 1.19. The van der Waals surface area contributed by atoms with Crippen molar-refractivity contribution in [1.29, 1.82) is 0 Å². The monoisotopic (exact) mass is 287 g/mol. The highest BCUT2D eigenvalue weighted by Crippen LogP contribution is 2.27. The van der Waals surface area contributed by atoms with Gasteiger partial charge in [-0.2, -0.15) is 0 Å². The molecule has 1 aromatic carbocycles. The SMILES string of the molecule is CNC[C@H](O)c1ccc(O)c(O)c1.O=C(O)CC(=O)O. The molecule has 1 aromatic rings. The average Bonchev–Trinajstić information content (AvgIpc) is 2.32. The molecular weight excluding hydrogens is 270 g/mol. The number of aliphatic carboxylic acids is 2. The van der Waals surface area contributed by atoms with E-state index < -0.39 is 24.5 Å². The van der Waals surface area contributed by atoms with Gasteiger partial charge in [0.05, 0.1) is 6.10 Å². The van der Waals surface area contributed by atoms with E-state index in [4.69, 9.17) is 20.4 Å². The molecule has 0 aliphatic heterocycles. The molecule has 1 rings (SSSR count). The molecule has 20 heavy (non-hydrogen) atoms. The van der Waals surface area contributed by atoms with Gasteiger partial charge in [-0.25, -0.2) is 0 Å². The van der Waals surface area contributed by atoms with Crippen molar-refractivity contribution in [3.63, 3.8) is 0 Å². The number of nitrogens with one attached hydrogen (secondary N) is 1. The van der Waals surface area contributed by atoms with E-state index in [0.29, 0.717) is 12.1 Å². The highest BCUT2D eigenvalue weighted by molar-refractivity contribution is 5.88. The van der Waals surface area contributed by atoms with E-state index in [1.54, 1.807) is 13.1 Å². The molecule has 0 aliphatic rings. The number of hydrogen-bond acceptors (Lipinski definition) is 6. The van der Waals surface area contributed by atoms with Gasteiger partial charge in [-0.1, -0.05) is 6.07 Å². The quantitative estimate of drug-likeness (QED) is 0.325. The van der Waals surface area contributed by atoms with E-state index in [9.17, 15) is 14.7 Å². The summed E-state index contributed by atoms with van der Waals surface area (Å²) in [6, 6.07) is 4.26. The predicted octanol–water partition coefficient (Wildman–Crippen LogP) is -0.104. The van der Waals surface area contributed by atoms with Crippen molar-refractivity contribution in [1.82, 2.24) is 5.32 Å². The smallest absolute Gasteiger partial charge is 0.314 e. The second-order valence-corrected chi connectivity index (χ2v) is 3.79. The summed E-state index contributed by atoms with van der Waals surface area (Å²) in [6.45, 7) is 0.407. The summed E-state index contributed by atoms with van der Waals surface area (Å²) in [5.41, 5.74) is 0.574. The van der Waals surface area contributed by atoms with Crippen molar-refractivity contribution in [2.75, 3.05) is 13.6 Å². The average molecular weight is 287 g/mol. The van der Waals surface area contributed by atoms with Gasteiger partial charge in [0.15, 0.2) is 11.5 Å². The number of carboxylic acids is 2. The molecule has 0 radical (unpaired) electrons. The van der Waals surface area contributed by atoms with Crippen LogP contribution in [-0.2, 0) is 9.59 Å². The van der Waals surface area contributed by atoms with Crippen LogP contribution in [0.3, 0.4) is 0 Å². The third-order valence-corrected chi connectivity index (χ3v) is 2.08. The molecule has 0 fully saturated rings. The van der Waals surface area contributed by atoms with Gasteiger partial charge in [0.1, 0.15) is 6.42 Å². The highest BCUT2D eigenvalue weighted by Gasteiger charge is 2.08. The minimum atomic E-state index is -1.31. The Labute approximate surface area is 114 Å². The minimum Gasteiger partial charge on any atom is -0.504 e. The summed E-state index contributed by atoms with van der Waals surface area (Å²) < 4.78 is 0. The van der Waals surface area contributed by atoms with Gasteiger partial charge in [0, 0.05) is 6.54 Å². The molecule has 0 amide bonds. The fraction of sp³-hybridized carbons (Fsp3) is 0.333. The Bertz CT molecular complexity index is 449. The Balaban J connectivity index is 0.000000441.